The van der Waals surface area contributed by atoms with Crippen molar-refractivity contribution in [3.05, 3.63) is 33.9 Å². The maximum Gasteiger partial charge on any atom is 0.356 e. The molecule has 4 N–H and O–H groups in total. The number of ether oxygens (including phenoxy) is 2. The van der Waals surface area contributed by atoms with E-state index in [2.05, 4.69) is 20.4 Å². The van der Waals surface area contributed by atoms with Gasteiger partial charge in [-0.05, 0) is 36.5 Å². The predicted octanol–water partition coefficient (Wildman–Crippen LogP) is 1.28. The lowest BCUT2D eigenvalue weighted by Crippen LogP contribution is -2.04. The molecule has 0 saturated heterocycles. The first kappa shape index (κ1) is 19.3. The number of rotatable bonds is 6. The summed E-state index contributed by atoms with van der Waals surface area (Å²) in [5.74, 6) is 1.32. The standard InChI is InChI=1S/2C10H12N2O3/c2*1-15-3-6-4-2-5-8(7(4)6)11-12-9(5)10(13)14/h2*4,6-7H,2-3H2,1H3,(H,11,12)(H,13,14)/t4-,6+,7-;4-,6-,7-/m11/s1. The van der Waals surface area contributed by atoms with Crippen molar-refractivity contribution >= 4 is 11.9 Å². The van der Waals surface area contributed by atoms with Crippen LogP contribution in [0, 0.1) is 23.7 Å². The van der Waals surface area contributed by atoms with Crippen molar-refractivity contribution in [3.63, 3.8) is 0 Å². The molecule has 0 radical (unpaired) electrons. The zero-order valence-electron chi connectivity index (χ0n) is 16.7. The topological polar surface area (TPSA) is 150 Å². The summed E-state index contributed by atoms with van der Waals surface area (Å²) in [7, 11) is 3.40. The Hall–Kier alpha value is -2.72. The molecule has 0 amide bonds. The first-order chi connectivity index (χ1) is 14.5. The van der Waals surface area contributed by atoms with Crippen LogP contribution in [0.4, 0.5) is 0 Å². The molecule has 4 aliphatic rings. The molecule has 6 rings (SSSR count). The average Bonchev–Trinajstić information content (AvgIpc) is 3.21. The van der Waals surface area contributed by atoms with E-state index in [1.807, 2.05) is 0 Å². The maximum atomic E-state index is 10.8. The van der Waals surface area contributed by atoms with Crippen LogP contribution in [0.5, 0.6) is 0 Å². The fourth-order valence-electron chi connectivity index (χ4n) is 5.69. The second-order valence-corrected chi connectivity index (χ2v) is 8.57. The van der Waals surface area contributed by atoms with Crippen molar-refractivity contribution < 1.29 is 29.3 Å². The number of aromatic amines is 2. The molecule has 10 nitrogen and oxygen atoms in total. The first-order valence-corrected chi connectivity index (χ1v) is 10.1. The number of nitrogens with zero attached hydrogens (tertiary/aromatic N) is 2. The van der Waals surface area contributed by atoms with Gasteiger partial charge in [-0.1, -0.05) is 0 Å². The van der Waals surface area contributed by atoms with E-state index in [4.69, 9.17) is 19.7 Å². The minimum Gasteiger partial charge on any atom is -0.476 e. The molecule has 0 bridgehead atoms. The Morgan fingerprint density at radius 3 is 1.60 bits per heavy atom. The fourth-order valence-corrected chi connectivity index (χ4v) is 5.69. The third-order valence-electron chi connectivity index (χ3n) is 7.13. The van der Waals surface area contributed by atoms with Crippen LogP contribution >= 0.6 is 0 Å². The lowest BCUT2D eigenvalue weighted by Gasteiger charge is -2.01. The molecule has 6 atom stereocenters. The van der Waals surface area contributed by atoms with Crippen LogP contribution in [-0.4, -0.2) is 70.0 Å². The fraction of sp³-hybridized carbons (Fsp3) is 0.600. The molecule has 0 spiro atoms. The van der Waals surface area contributed by atoms with E-state index < -0.39 is 11.9 Å². The van der Waals surface area contributed by atoms with Crippen LogP contribution < -0.4 is 0 Å². The number of hydrogen-bond donors (Lipinski definition) is 4. The zero-order valence-corrected chi connectivity index (χ0v) is 16.7. The smallest absolute Gasteiger partial charge is 0.356 e. The maximum absolute atomic E-state index is 10.8. The van der Waals surface area contributed by atoms with Crippen molar-refractivity contribution in [2.24, 2.45) is 23.7 Å². The highest BCUT2D eigenvalue weighted by Crippen LogP contribution is 2.62. The van der Waals surface area contributed by atoms with Crippen molar-refractivity contribution in [2.75, 3.05) is 27.4 Å². The highest BCUT2D eigenvalue weighted by atomic mass is 16.5. The van der Waals surface area contributed by atoms with Crippen LogP contribution in [0.15, 0.2) is 0 Å². The minimum atomic E-state index is -0.933. The SMILES string of the molecule is COC[C@@H]1[C@H]2Cc3c(C(=O)O)n[nH]c3[C@@H]12.COC[C@H]1[C@H]2Cc3c(C(=O)O)n[nH]c3[C@H]21. The normalized spacial score (nSPS) is 31.1. The molecule has 4 aliphatic carbocycles. The Labute approximate surface area is 172 Å². The van der Waals surface area contributed by atoms with Gasteiger partial charge < -0.3 is 19.7 Å². The van der Waals surface area contributed by atoms with E-state index >= 15 is 0 Å². The lowest BCUT2D eigenvalue weighted by atomic mass is 10.1. The molecule has 0 aromatic carbocycles. The highest BCUT2D eigenvalue weighted by Gasteiger charge is 2.58. The third-order valence-corrected chi connectivity index (χ3v) is 7.13. The molecule has 2 aromatic rings. The monoisotopic (exact) mass is 416 g/mol. The zero-order chi connectivity index (χ0) is 21.2. The molecule has 10 heteroatoms. The van der Waals surface area contributed by atoms with Gasteiger partial charge in [0.25, 0.3) is 0 Å². The third kappa shape index (κ3) is 2.78. The molecule has 2 aromatic heterocycles. The van der Waals surface area contributed by atoms with Gasteiger partial charge in [-0.3, -0.25) is 10.2 Å². The van der Waals surface area contributed by atoms with Gasteiger partial charge >= 0.3 is 11.9 Å². The van der Waals surface area contributed by atoms with Crippen LogP contribution in [-0.2, 0) is 22.3 Å². The summed E-state index contributed by atoms with van der Waals surface area (Å²) >= 11 is 0. The summed E-state index contributed by atoms with van der Waals surface area (Å²) in [4.78, 5) is 21.7. The summed E-state index contributed by atoms with van der Waals surface area (Å²) in [5.41, 5.74) is 4.27. The van der Waals surface area contributed by atoms with Crippen molar-refractivity contribution in [2.45, 2.75) is 24.7 Å². The summed E-state index contributed by atoms with van der Waals surface area (Å²) < 4.78 is 10.2. The summed E-state index contributed by atoms with van der Waals surface area (Å²) in [6, 6.07) is 0. The summed E-state index contributed by atoms with van der Waals surface area (Å²) in [6.45, 7) is 1.52. The van der Waals surface area contributed by atoms with Crippen molar-refractivity contribution in [1.82, 2.24) is 20.4 Å². The van der Waals surface area contributed by atoms with Crippen LogP contribution in [0.1, 0.15) is 55.3 Å². The number of nitrogens with one attached hydrogen (secondary N) is 2. The van der Waals surface area contributed by atoms with Crippen LogP contribution in [0.3, 0.4) is 0 Å². The van der Waals surface area contributed by atoms with Gasteiger partial charge in [0.1, 0.15) is 0 Å². The molecular formula is C20H24N4O6. The Morgan fingerprint density at radius 1 is 0.867 bits per heavy atom. The van der Waals surface area contributed by atoms with Gasteiger partial charge in [-0.2, -0.15) is 10.2 Å². The highest BCUT2D eigenvalue weighted by molar-refractivity contribution is 5.88. The molecule has 0 aliphatic heterocycles. The number of aromatic nitrogens is 4. The first-order valence-electron chi connectivity index (χ1n) is 10.1. The Kier molecular flexibility index (Phi) is 4.44. The van der Waals surface area contributed by atoms with Gasteiger partial charge in [-0.25, -0.2) is 9.59 Å². The summed E-state index contributed by atoms with van der Waals surface area (Å²) in [5, 5.41) is 31.2. The number of hydrogen-bond acceptors (Lipinski definition) is 6. The van der Waals surface area contributed by atoms with Crippen molar-refractivity contribution in [1.29, 1.82) is 0 Å². The second kappa shape index (κ2) is 6.92. The predicted molar refractivity (Wildman–Crippen MR) is 102 cm³/mol. The quantitative estimate of drug-likeness (QED) is 0.550. The van der Waals surface area contributed by atoms with Crippen LogP contribution in [0.25, 0.3) is 0 Å². The van der Waals surface area contributed by atoms with Gasteiger partial charge in [0.15, 0.2) is 11.4 Å². The van der Waals surface area contributed by atoms with E-state index in [1.165, 1.54) is 0 Å². The van der Waals surface area contributed by atoms with E-state index in [1.54, 1.807) is 14.2 Å². The molecular weight excluding hydrogens is 392 g/mol. The number of carbonyl (C=O) groups is 2. The van der Waals surface area contributed by atoms with Gasteiger partial charge in [0.2, 0.25) is 0 Å². The van der Waals surface area contributed by atoms with E-state index in [0.717, 1.165) is 48.6 Å². The molecule has 2 saturated carbocycles. The van der Waals surface area contributed by atoms with E-state index in [9.17, 15) is 9.59 Å². The van der Waals surface area contributed by atoms with Gasteiger partial charge in [0, 0.05) is 61.8 Å². The van der Waals surface area contributed by atoms with Crippen LogP contribution in [0.2, 0.25) is 0 Å². The number of carboxylic acid groups (broad SMARTS) is 2. The number of methoxy groups -OCH3 is 2. The Bertz CT molecular complexity index is 933. The van der Waals surface area contributed by atoms with E-state index in [-0.39, 0.29) is 11.4 Å². The van der Waals surface area contributed by atoms with Gasteiger partial charge in [0.05, 0.1) is 0 Å². The molecule has 30 heavy (non-hydrogen) atoms. The number of carboxylic acids is 2. The average molecular weight is 416 g/mol. The Morgan fingerprint density at radius 2 is 1.27 bits per heavy atom. The number of aromatic carboxylic acids is 2. The van der Waals surface area contributed by atoms with Crippen molar-refractivity contribution in [3.8, 4) is 0 Å². The largest absolute Gasteiger partial charge is 0.476 e. The lowest BCUT2D eigenvalue weighted by molar-refractivity contribution is 0.0678. The van der Waals surface area contributed by atoms with E-state index in [0.29, 0.717) is 35.5 Å². The molecule has 2 heterocycles. The number of H-pyrrole nitrogens is 2. The molecule has 2 fully saturated rings. The summed E-state index contributed by atoms with van der Waals surface area (Å²) in [6.07, 6.45) is 1.68. The molecule has 0 unspecified atom stereocenters. The van der Waals surface area contributed by atoms with Gasteiger partial charge in [-0.15, -0.1) is 0 Å². The second-order valence-electron chi connectivity index (χ2n) is 8.57. The molecule has 160 valence electrons. The minimum absolute atomic E-state index is 0.202. The number of fused-ring (bicyclic) bond motifs is 6. The Balaban J connectivity index is 0.000000128.